The average Bonchev–Trinajstić information content (AvgIpc) is 2.98. The van der Waals surface area contributed by atoms with Crippen LogP contribution in [-0.2, 0) is 0 Å². The molecule has 2 aromatic heterocycles. The summed E-state index contributed by atoms with van der Waals surface area (Å²) in [6.45, 7) is 4.25. The third-order valence-electron chi connectivity index (χ3n) is 4.15. The van der Waals surface area contributed by atoms with Gasteiger partial charge in [0.1, 0.15) is 5.65 Å². The van der Waals surface area contributed by atoms with Gasteiger partial charge in [-0.1, -0.05) is 42.0 Å². The van der Waals surface area contributed by atoms with Crippen LogP contribution in [0.15, 0.2) is 67.0 Å². The summed E-state index contributed by atoms with van der Waals surface area (Å²) in [5.41, 5.74) is 8.02. The molecule has 0 saturated carbocycles. The van der Waals surface area contributed by atoms with Crippen molar-refractivity contribution in [1.82, 2.24) is 9.38 Å². The van der Waals surface area contributed by atoms with Crippen LogP contribution in [0.1, 0.15) is 11.1 Å². The van der Waals surface area contributed by atoms with Crippen LogP contribution in [0.2, 0.25) is 0 Å². The molecule has 0 aliphatic rings. The van der Waals surface area contributed by atoms with Gasteiger partial charge in [0.15, 0.2) is 0 Å². The first-order valence-electron chi connectivity index (χ1n) is 7.73. The van der Waals surface area contributed by atoms with Crippen LogP contribution in [0.5, 0.6) is 0 Å². The van der Waals surface area contributed by atoms with E-state index < -0.39 is 0 Å². The summed E-state index contributed by atoms with van der Waals surface area (Å²) in [7, 11) is 0. The molecule has 0 spiro atoms. The summed E-state index contributed by atoms with van der Waals surface area (Å²) in [6, 6.07) is 21.8. The summed E-state index contributed by atoms with van der Waals surface area (Å²) >= 11 is 0. The fourth-order valence-corrected chi connectivity index (χ4v) is 2.97. The van der Waals surface area contributed by atoms with Crippen LogP contribution in [-0.4, -0.2) is 9.38 Å². The first-order chi connectivity index (χ1) is 11.2. The molecule has 0 atom stereocenters. The zero-order chi connectivity index (χ0) is 15.8. The first kappa shape index (κ1) is 13.8. The smallest absolute Gasteiger partial charge is 0.137 e. The molecule has 0 aliphatic heterocycles. The van der Waals surface area contributed by atoms with E-state index in [2.05, 4.69) is 73.1 Å². The van der Waals surface area contributed by atoms with E-state index in [1.165, 1.54) is 22.3 Å². The Bertz CT molecular complexity index is 981. The number of benzene rings is 2. The molecule has 0 amide bonds. The van der Waals surface area contributed by atoms with Gasteiger partial charge in [-0.15, -0.1) is 0 Å². The summed E-state index contributed by atoms with van der Waals surface area (Å²) in [4.78, 5) is 4.76. The molecule has 4 aromatic rings. The maximum atomic E-state index is 4.76. The Hall–Kier alpha value is -2.87. The summed E-state index contributed by atoms with van der Waals surface area (Å²) < 4.78 is 2.09. The van der Waals surface area contributed by atoms with Crippen LogP contribution in [0.4, 0.5) is 0 Å². The lowest BCUT2D eigenvalue weighted by Crippen LogP contribution is -1.85. The second-order valence-corrected chi connectivity index (χ2v) is 5.92. The fourth-order valence-electron chi connectivity index (χ4n) is 2.97. The van der Waals surface area contributed by atoms with Gasteiger partial charge in [-0.3, -0.25) is 0 Å². The molecule has 111 valence electrons. The van der Waals surface area contributed by atoms with Crippen LogP contribution in [0.25, 0.3) is 28.0 Å². The number of imidazole rings is 1. The van der Waals surface area contributed by atoms with Crippen molar-refractivity contribution in [3.8, 4) is 22.4 Å². The Balaban J connectivity index is 1.82. The van der Waals surface area contributed by atoms with Gasteiger partial charge in [-0.2, -0.15) is 0 Å². The lowest BCUT2D eigenvalue weighted by Gasteiger charge is -2.03. The quantitative estimate of drug-likeness (QED) is 0.504. The van der Waals surface area contributed by atoms with E-state index in [1.54, 1.807) is 0 Å². The van der Waals surface area contributed by atoms with Gasteiger partial charge in [0, 0.05) is 18.0 Å². The van der Waals surface area contributed by atoms with Gasteiger partial charge in [0.05, 0.1) is 5.69 Å². The van der Waals surface area contributed by atoms with Gasteiger partial charge < -0.3 is 4.40 Å². The van der Waals surface area contributed by atoms with Gasteiger partial charge in [0.2, 0.25) is 0 Å². The fraction of sp³-hybridized carbons (Fsp3) is 0.0952. The molecule has 0 aliphatic carbocycles. The first-order valence-corrected chi connectivity index (χ1v) is 7.73. The largest absolute Gasteiger partial charge is 0.306 e. The van der Waals surface area contributed by atoms with Gasteiger partial charge in [-0.05, 0) is 54.8 Å². The predicted octanol–water partition coefficient (Wildman–Crippen LogP) is 5.09. The highest BCUT2D eigenvalue weighted by molar-refractivity contribution is 5.69. The van der Waals surface area contributed by atoms with Crippen molar-refractivity contribution >= 4 is 5.65 Å². The SMILES string of the molecule is Cc1ccc(-c2cn3cc(-c4c[c]ccc4)ccc3n2)c(C)c1. The minimum absolute atomic E-state index is 0.962. The average molecular weight is 297 g/mol. The van der Waals surface area contributed by atoms with Crippen LogP contribution < -0.4 is 0 Å². The van der Waals surface area contributed by atoms with Crippen molar-refractivity contribution < 1.29 is 0 Å². The molecular weight excluding hydrogens is 280 g/mol. The normalized spacial score (nSPS) is 11.0. The number of aryl methyl sites for hydroxylation is 2. The monoisotopic (exact) mass is 297 g/mol. The van der Waals surface area contributed by atoms with E-state index >= 15 is 0 Å². The highest BCUT2D eigenvalue weighted by atomic mass is 15.0. The number of fused-ring (bicyclic) bond motifs is 1. The van der Waals surface area contributed by atoms with E-state index in [0.29, 0.717) is 0 Å². The molecule has 2 heteroatoms. The second kappa shape index (κ2) is 5.40. The number of hydrogen-bond acceptors (Lipinski definition) is 1. The maximum Gasteiger partial charge on any atom is 0.137 e. The Labute approximate surface area is 136 Å². The molecule has 0 unspecified atom stereocenters. The van der Waals surface area contributed by atoms with Crippen LogP contribution in [0, 0.1) is 19.9 Å². The minimum Gasteiger partial charge on any atom is -0.306 e. The molecule has 2 heterocycles. The van der Waals surface area contributed by atoms with Crippen molar-refractivity contribution in [2.24, 2.45) is 0 Å². The topological polar surface area (TPSA) is 17.3 Å². The Morgan fingerprint density at radius 1 is 0.957 bits per heavy atom. The molecule has 23 heavy (non-hydrogen) atoms. The van der Waals surface area contributed by atoms with E-state index in [0.717, 1.165) is 16.9 Å². The second-order valence-electron chi connectivity index (χ2n) is 5.92. The zero-order valence-electron chi connectivity index (χ0n) is 13.2. The van der Waals surface area contributed by atoms with Crippen molar-refractivity contribution in [2.75, 3.05) is 0 Å². The minimum atomic E-state index is 0.962. The number of aromatic nitrogens is 2. The van der Waals surface area contributed by atoms with Crippen molar-refractivity contribution in [1.29, 1.82) is 0 Å². The molecule has 0 bridgehead atoms. The Morgan fingerprint density at radius 3 is 2.65 bits per heavy atom. The summed E-state index contributed by atoms with van der Waals surface area (Å²) in [5, 5.41) is 0. The Morgan fingerprint density at radius 2 is 1.87 bits per heavy atom. The van der Waals surface area contributed by atoms with E-state index in [1.807, 2.05) is 18.2 Å². The summed E-state index contributed by atoms with van der Waals surface area (Å²) in [6.07, 6.45) is 4.22. The molecule has 1 radical (unpaired) electrons. The predicted molar refractivity (Wildman–Crippen MR) is 94.4 cm³/mol. The van der Waals surface area contributed by atoms with E-state index in [4.69, 9.17) is 4.98 Å². The molecule has 2 nitrogen and oxygen atoms in total. The molecule has 2 aromatic carbocycles. The van der Waals surface area contributed by atoms with Crippen molar-refractivity contribution in [3.63, 3.8) is 0 Å². The van der Waals surface area contributed by atoms with Gasteiger partial charge in [0.25, 0.3) is 0 Å². The number of pyridine rings is 1. The third-order valence-corrected chi connectivity index (χ3v) is 4.15. The van der Waals surface area contributed by atoms with Crippen molar-refractivity contribution in [3.05, 3.63) is 84.2 Å². The number of nitrogens with zero attached hydrogens (tertiary/aromatic N) is 2. The maximum absolute atomic E-state index is 4.76. The van der Waals surface area contributed by atoms with E-state index in [-0.39, 0.29) is 0 Å². The Kier molecular flexibility index (Phi) is 3.23. The molecule has 0 N–H and O–H groups in total. The lowest BCUT2D eigenvalue weighted by atomic mass is 10.0. The van der Waals surface area contributed by atoms with Crippen LogP contribution in [0.3, 0.4) is 0 Å². The highest BCUT2D eigenvalue weighted by Gasteiger charge is 2.08. The molecule has 4 rings (SSSR count). The lowest BCUT2D eigenvalue weighted by molar-refractivity contribution is 1.19. The van der Waals surface area contributed by atoms with Gasteiger partial charge in [-0.25, -0.2) is 4.98 Å². The van der Waals surface area contributed by atoms with Gasteiger partial charge >= 0.3 is 0 Å². The standard InChI is InChI=1S/C21H17N2/c1-15-8-10-19(16(2)12-15)20-14-23-13-18(9-11-21(23)22-20)17-6-4-3-5-7-17/h3-4,6-14H,1-2H3. The number of rotatable bonds is 2. The van der Waals surface area contributed by atoms with Crippen molar-refractivity contribution in [2.45, 2.75) is 13.8 Å². The summed E-state index contributed by atoms with van der Waals surface area (Å²) in [5.74, 6) is 0. The molecule has 0 fully saturated rings. The van der Waals surface area contributed by atoms with Crippen LogP contribution >= 0.6 is 0 Å². The highest BCUT2D eigenvalue weighted by Crippen LogP contribution is 2.25. The zero-order valence-corrected chi connectivity index (χ0v) is 13.2. The molecular formula is C21H17N2. The third kappa shape index (κ3) is 2.53. The molecule has 0 saturated heterocycles. The van der Waals surface area contributed by atoms with E-state index in [9.17, 15) is 0 Å². The number of hydrogen-bond donors (Lipinski definition) is 0.